The Bertz CT molecular complexity index is 1080. The van der Waals surface area contributed by atoms with Crippen molar-refractivity contribution in [2.24, 2.45) is 0 Å². The number of amides is 2. The van der Waals surface area contributed by atoms with E-state index in [1.165, 1.54) is 12.1 Å². The van der Waals surface area contributed by atoms with Crippen molar-refractivity contribution in [2.45, 2.75) is 43.9 Å². The highest BCUT2D eigenvalue weighted by atomic mass is 35.5. The van der Waals surface area contributed by atoms with Crippen molar-refractivity contribution in [1.82, 2.24) is 15.5 Å². The molecule has 4 rings (SSSR count). The lowest BCUT2D eigenvalue weighted by atomic mass is 10.1. The number of hydrogen-bond acceptors (Lipinski definition) is 4. The van der Waals surface area contributed by atoms with Gasteiger partial charge in [-0.25, -0.2) is 0 Å². The van der Waals surface area contributed by atoms with Gasteiger partial charge in [-0.15, -0.1) is 0 Å². The number of likely N-dealkylation sites (tertiary alicyclic amines) is 1. The highest BCUT2D eigenvalue weighted by Gasteiger charge is 2.32. The maximum Gasteiger partial charge on any atom is 0.416 e. The van der Waals surface area contributed by atoms with E-state index in [0.29, 0.717) is 6.04 Å². The highest BCUT2D eigenvalue weighted by Crippen LogP contribution is 2.29. The van der Waals surface area contributed by atoms with Crippen LogP contribution in [-0.2, 0) is 11.0 Å². The minimum absolute atomic E-state index is 0.0183. The third kappa shape index (κ3) is 6.91. The van der Waals surface area contributed by atoms with Crippen LogP contribution in [0.1, 0.15) is 41.6 Å². The van der Waals surface area contributed by atoms with Crippen LogP contribution in [0.2, 0.25) is 5.02 Å². The molecule has 2 N–H and O–H groups in total. The first-order chi connectivity index (χ1) is 17.2. The Morgan fingerprint density at radius 1 is 1.00 bits per heavy atom. The first kappa shape index (κ1) is 26.3. The molecule has 0 bridgehead atoms. The standard InChI is InChI=1S/C26H30ClF3N4O2/c27-20-6-2-7-23(15-20)33-11-3-8-22(10-13-33)34-12-9-21(17-34)32-24(35)16-31-25(36)18-4-1-5-19(14-18)26(28,29)30/h1-2,4-7,14-15,21-22H,3,8-13,16-17H2,(H,31,36)(H,32,35)/t21-,22?/m1/s1. The number of halogens is 4. The number of nitrogens with zero attached hydrogens (tertiary/aromatic N) is 2. The summed E-state index contributed by atoms with van der Waals surface area (Å²) in [6.45, 7) is 3.28. The van der Waals surface area contributed by atoms with Gasteiger partial charge in [0.25, 0.3) is 5.91 Å². The Balaban J connectivity index is 1.22. The molecule has 2 aliphatic rings. The molecule has 2 aromatic rings. The molecule has 0 aromatic heterocycles. The van der Waals surface area contributed by atoms with E-state index in [4.69, 9.17) is 11.6 Å². The predicted molar refractivity (Wildman–Crippen MR) is 133 cm³/mol. The number of hydrogen-bond donors (Lipinski definition) is 2. The van der Waals surface area contributed by atoms with Crippen molar-refractivity contribution < 1.29 is 22.8 Å². The summed E-state index contributed by atoms with van der Waals surface area (Å²) < 4.78 is 38.6. The zero-order valence-corrected chi connectivity index (χ0v) is 20.6. The first-order valence-electron chi connectivity index (χ1n) is 12.2. The van der Waals surface area contributed by atoms with Gasteiger partial charge in [0.2, 0.25) is 5.91 Å². The molecule has 6 nitrogen and oxygen atoms in total. The fraction of sp³-hybridized carbons (Fsp3) is 0.462. The fourth-order valence-electron chi connectivity index (χ4n) is 4.99. The Morgan fingerprint density at radius 2 is 1.81 bits per heavy atom. The van der Waals surface area contributed by atoms with E-state index in [0.717, 1.165) is 74.7 Å². The molecule has 10 heteroatoms. The Hall–Kier alpha value is -2.78. The molecule has 2 aromatic carbocycles. The van der Waals surface area contributed by atoms with Crippen LogP contribution in [0.4, 0.5) is 18.9 Å². The minimum atomic E-state index is -4.53. The van der Waals surface area contributed by atoms with Gasteiger partial charge in [0, 0.05) is 54.5 Å². The van der Waals surface area contributed by atoms with Gasteiger partial charge in [0.05, 0.1) is 12.1 Å². The largest absolute Gasteiger partial charge is 0.416 e. The second-order valence-electron chi connectivity index (χ2n) is 9.36. The molecule has 0 aliphatic carbocycles. The summed E-state index contributed by atoms with van der Waals surface area (Å²) in [5, 5.41) is 6.09. The van der Waals surface area contributed by atoms with Crippen LogP contribution >= 0.6 is 11.6 Å². The third-order valence-electron chi connectivity index (χ3n) is 6.83. The van der Waals surface area contributed by atoms with E-state index >= 15 is 0 Å². The quantitative estimate of drug-likeness (QED) is 0.592. The summed E-state index contributed by atoms with van der Waals surface area (Å²) in [7, 11) is 0. The van der Waals surface area contributed by atoms with Gasteiger partial charge in [0.15, 0.2) is 0 Å². The van der Waals surface area contributed by atoms with Crippen molar-refractivity contribution >= 4 is 29.1 Å². The van der Waals surface area contributed by atoms with E-state index in [1.54, 1.807) is 0 Å². The lowest BCUT2D eigenvalue weighted by Crippen LogP contribution is -2.44. The zero-order valence-electron chi connectivity index (χ0n) is 19.9. The topological polar surface area (TPSA) is 64.7 Å². The molecular weight excluding hydrogens is 493 g/mol. The van der Waals surface area contributed by atoms with Crippen molar-refractivity contribution in [3.8, 4) is 0 Å². The van der Waals surface area contributed by atoms with Crippen molar-refractivity contribution in [3.63, 3.8) is 0 Å². The van der Waals surface area contributed by atoms with Gasteiger partial charge in [-0.1, -0.05) is 23.7 Å². The van der Waals surface area contributed by atoms with Crippen LogP contribution in [-0.4, -0.2) is 61.5 Å². The first-order valence-corrected chi connectivity index (χ1v) is 12.6. The van der Waals surface area contributed by atoms with Gasteiger partial charge in [-0.05, 0) is 62.1 Å². The van der Waals surface area contributed by atoms with Crippen LogP contribution in [0.3, 0.4) is 0 Å². The van der Waals surface area contributed by atoms with E-state index in [9.17, 15) is 22.8 Å². The van der Waals surface area contributed by atoms with Crippen molar-refractivity contribution in [2.75, 3.05) is 37.6 Å². The van der Waals surface area contributed by atoms with Crippen LogP contribution in [0.25, 0.3) is 0 Å². The lowest BCUT2D eigenvalue weighted by molar-refractivity contribution is -0.137. The Kier molecular flexibility index (Phi) is 8.41. The number of rotatable bonds is 6. The number of nitrogens with one attached hydrogen (secondary N) is 2. The molecular formula is C26H30ClF3N4O2. The van der Waals surface area contributed by atoms with Gasteiger partial charge < -0.3 is 15.5 Å². The molecule has 0 radical (unpaired) electrons. The average Bonchev–Trinajstić information content (AvgIpc) is 3.16. The molecule has 2 fully saturated rings. The predicted octanol–water partition coefficient (Wildman–Crippen LogP) is 4.34. The second-order valence-corrected chi connectivity index (χ2v) is 9.80. The van der Waals surface area contributed by atoms with Gasteiger partial charge in [0.1, 0.15) is 0 Å². The number of benzene rings is 2. The van der Waals surface area contributed by atoms with Crippen LogP contribution < -0.4 is 15.5 Å². The average molecular weight is 523 g/mol. The SMILES string of the molecule is O=C(CNC(=O)c1cccc(C(F)(F)F)c1)N[C@@H]1CCN(C2CCCN(c3cccc(Cl)c3)CC2)C1. The molecule has 2 heterocycles. The molecule has 194 valence electrons. The molecule has 2 amide bonds. The zero-order chi connectivity index (χ0) is 25.7. The third-order valence-corrected chi connectivity index (χ3v) is 7.07. The van der Waals surface area contributed by atoms with Crippen LogP contribution in [0.15, 0.2) is 48.5 Å². The number of carbonyl (C=O) groups is 2. The maximum atomic E-state index is 12.9. The van der Waals surface area contributed by atoms with E-state index in [2.05, 4.69) is 26.5 Å². The van der Waals surface area contributed by atoms with Gasteiger partial charge in [-0.3, -0.25) is 14.5 Å². The van der Waals surface area contributed by atoms with E-state index in [1.807, 2.05) is 18.2 Å². The highest BCUT2D eigenvalue weighted by molar-refractivity contribution is 6.30. The number of carbonyl (C=O) groups excluding carboxylic acids is 2. The molecule has 2 saturated heterocycles. The minimum Gasteiger partial charge on any atom is -0.371 e. The summed E-state index contributed by atoms with van der Waals surface area (Å²) in [5.41, 5.74) is 0.103. The summed E-state index contributed by atoms with van der Waals surface area (Å²) in [4.78, 5) is 29.4. The van der Waals surface area contributed by atoms with E-state index in [-0.39, 0.29) is 24.1 Å². The van der Waals surface area contributed by atoms with Gasteiger partial charge >= 0.3 is 6.18 Å². The molecule has 1 unspecified atom stereocenters. The molecule has 2 atom stereocenters. The monoisotopic (exact) mass is 522 g/mol. The fourth-order valence-corrected chi connectivity index (χ4v) is 5.17. The maximum absolute atomic E-state index is 12.9. The summed E-state index contributed by atoms with van der Waals surface area (Å²) in [5.74, 6) is -1.07. The van der Waals surface area contributed by atoms with Crippen molar-refractivity contribution in [3.05, 3.63) is 64.7 Å². The lowest BCUT2D eigenvalue weighted by Gasteiger charge is -2.27. The summed E-state index contributed by atoms with van der Waals surface area (Å²) >= 11 is 6.15. The second kappa shape index (κ2) is 11.5. The summed E-state index contributed by atoms with van der Waals surface area (Å²) in [6.07, 6.45) is -0.522. The Morgan fingerprint density at radius 3 is 2.58 bits per heavy atom. The smallest absolute Gasteiger partial charge is 0.371 e. The van der Waals surface area contributed by atoms with E-state index < -0.39 is 17.6 Å². The van der Waals surface area contributed by atoms with Crippen LogP contribution in [0.5, 0.6) is 0 Å². The number of alkyl halides is 3. The number of anilines is 1. The Labute approximate surface area is 213 Å². The normalized spacial score (nSPS) is 21.2. The summed E-state index contributed by atoms with van der Waals surface area (Å²) in [6, 6.07) is 12.5. The molecule has 0 saturated carbocycles. The van der Waals surface area contributed by atoms with Crippen molar-refractivity contribution in [1.29, 1.82) is 0 Å². The molecule has 0 spiro atoms. The molecule has 36 heavy (non-hydrogen) atoms. The van der Waals surface area contributed by atoms with Crippen LogP contribution in [0, 0.1) is 0 Å². The van der Waals surface area contributed by atoms with Gasteiger partial charge in [-0.2, -0.15) is 13.2 Å². The molecule has 2 aliphatic heterocycles.